The number of amides is 2. The summed E-state index contributed by atoms with van der Waals surface area (Å²) >= 11 is 0. The third kappa shape index (κ3) is 4.27. The molecule has 0 saturated heterocycles. The zero-order chi connectivity index (χ0) is 16.9. The molecule has 2 amide bonds. The van der Waals surface area contributed by atoms with Crippen molar-refractivity contribution < 1.29 is 22.3 Å². The summed E-state index contributed by atoms with van der Waals surface area (Å²) in [6, 6.07) is 6.13. The van der Waals surface area contributed by atoms with E-state index in [1.807, 2.05) is 6.08 Å². The van der Waals surface area contributed by atoms with Crippen LogP contribution in [0.15, 0.2) is 36.9 Å². The summed E-state index contributed by atoms with van der Waals surface area (Å²) < 4.78 is 28.6. The molecule has 0 atom stereocenters. The second-order valence-corrected chi connectivity index (χ2v) is 6.95. The molecule has 0 saturated carbocycles. The molecule has 0 fully saturated rings. The van der Waals surface area contributed by atoms with E-state index in [0.717, 1.165) is 25.7 Å². The molecule has 1 heterocycles. The first-order valence-corrected chi connectivity index (χ1v) is 9.05. The van der Waals surface area contributed by atoms with Gasteiger partial charge in [0.1, 0.15) is 0 Å². The van der Waals surface area contributed by atoms with Gasteiger partial charge in [-0.25, -0.2) is 0 Å². The van der Waals surface area contributed by atoms with Gasteiger partial charge < -0.3 is 0 Å². The van der Waals surface area contributed by atoms with E-state index in [1.165, 1.54) is 12.1 Å². The largest absolute Gasteiger partial charge is 0.288 e. The lowest BCUT2D eigenvalue weighted by Gasteiger charge is -2.12. The molecule has 2 rings (SSSR count). The maximum Gasteiger partial charge on any atom is 0.288 e. The zero-order valence-corrected chi connectivity index (χ0v) is 13.5. The van der Waals surface area contributed by atoms with E-state index in [4.69, 9.17) is 4.28 Å². The fourth-order valence-corrected chi connectivity index (χ4v) is 3.30. The van der Waals surface area contributed by atoms with Gasteiger partial charge >= 0.3 is 0 Å². The number of allylic oxidation sites excluding steroid dienone is 1. The van der Waals surface area contributed by atoms with Crippen LogP contribution < -0.4 is 0 Å². The summed E-state index contributed by atoms with van der Waals surface area (Å²) in [6.45, 7) is 3.62. The first kappa shape index (κ1) is 17.4. The number of imide groups is 1. The van der Waals surface area contributed by atoms with E-state index in [9.17, 15) is 18.0 Å². The topological polar surface area (TPSA) is 80.8 Å². The van der Waals surface area contributed by atoms with Crippen LogP contribution in [0.3, 0.4) is 0 Å². The molecule has 0 spiro atoms. The van der Waals surface area contributed by atoms with Crippen LogP contribution in [0.1, 0.15) is 52.8 Å². The van der Waals surface area contributed by atoms with Gasteiger partial charge in [-0.2, -0.15) is 8.42 Å². The highest BCUT2D eigenvalue weighted by atomic mass is 32.2. The highest BCUT2D eigenvalue weighted by molar-refractivity contribution is 7.86. The van der Waals surface area contributed by atoms with Crippen molar-refractivity contribution in [1.29, 1.82) is 0 Å². The molecule has 0 unspecified atom stereocenters. The van der Waals surface area contributed by atoms with E-state index in [2.05, 4.69) is 6.58 Å². The Hall–Kier alpha value is -1.99. The van der Waals surface area contributed by atoms with Crippen LogP contribution >= 0.6 is 0 Å². The number of unbranched alkanes of at least 4 members (excludes halogenated alkanes) is 4. The number of fused-ring (bicyclic) bond motifs is 1. The predicted octanol–water partition coefficient (Wildman–Crippen LogP) is 2.68. The molecule has 1 aromatic carbocycles. The first-order valence-electron chi connectivity index (χ1n) is 7.47. The standard InChI is InChI=1S/C16H19NO5S/c1-2-3-4-5-6-9-12-23(20,21)22-17-15(18)13-10-7-8-11-14(13)16(17)19/h2,7-8,10-11H,1,3-6,9,12H2. The van der Waals surface area contributed by atoms with Crippen molar-refractivity contribution in [2.24, 2.45) is 0 Å². The van der Waals surface area contributed by atoms with E-state index in [-0.39, 0.29) is 16.9 Å². The van der Waals surface area contributed by atoms with Crippen molar-refractivity contribution in [2.75, 3.05) is 5.75 Å². The van der Waals surface area contributed by atoms with Crippen LogP contribution in [0, 0.1) is 0 Å². The summed E-state index contributed by atoms with van der Waals surface area (Å²) in [6.07, 6.45) is 5.74. The van der Waals surface area contributed by atoms with Gasteiger partial charge in [-0.15, -0.1) is 15.9 Å². The summed E-state index contributed by atoms with van der Waals surface area (Å²) in [7, 11) is -3.98. The van der Waals surface area contributed by atoms with Crippen molar-refractivity contribution in [3.05, 3.63) is 48.0 Å². The number of rotatable bonds is 9. The molecule has 124 valence electrons. The Balaban J connectivity index is 1.90. The Labute approximate surface area is 135 Å². The van der Waals surface area contributed by atoms with Crippen molar-refractivity contribution >= 4 is 21.9 Å². The van der Waals surface area contributed by atoms with E-state index < -0.39 is 21.9 Å². The smallest absolute Gasteiger partial charge is 0.266 e. The molecule has 1 aromatic rings. The number of hydroxylamine groups is 2. The van der Waals surface area contributed by atoms with Gasteiger partial charge in [0.15, 0.2) is 0 Å². The van der Waals surface area contributed by atoms with Gasteiger partial charge in [0, 0.05) is 0 Å². The van der Waals surface area contributed by atoms with Crippen LogP contribution in [0.5, 0.6) is 0 Å². The molecule has 1 aliphatic heterocycles. The summed E-state index contributed by atoms with van der Waals surface area (Å²) in [5.74, 6) is -1.73. The molecular weight excluding hydrogens is 318 g/mol. The Morgan fingerprint density at radius 2 is 1.57 bits per heavy atom. The van der Waals surface area contributed by atoms with Crippen LogP contribution in [0.4, 0.5) is 0 Å². The van der Waals surface area contributed by atoms with Crippen LogP contribution in [-0.4, -0.2) is 31.0 Å². The molecular formula is C16H19NO5S. The summed E-state index contributed by atoms with van der Waals surface area (Å²) in [5.41, 5.74) is 0.300. The Morgan fingerprint density at radius 3 is 2.13 bits per heavy atom. The van der Waals surface area contributed by atoms with E-state index in [0.29, 0.717) is 11.5 Å². The van der Waals surface area contributed by atoms with Gasteiger partial charge in [-0.05, 0) is 31.4 Å². The minimum Gasteiger partial charge on any atom is -0.266 e. The Bertz CT molecular complexity index is 676. The fourth-order valence-electron chi connectivity index (χ4n) is 2.31. The maximum atomic E-state index is 12.0. The second-order valence-electron chi connectivity index (χ2n) is 5.28. The average molecular weight is 337 g/mol. The van der Waals surface area contributed by atoms with Gasteiger partial charge in [-0.1, -0.05) is 31.1 Å². The lowest BCUT2D eigenvalue weighted by atomic mass is 10.1. The van der Waals surface area contributed by atoms with Crippen molar-refractivity contribution in [3.63, 3.8) is 0 Å². The van der Waals surface area contributed by atoms with Crippen LogP contribution in [0.25, 0.3) is 0 Å². The van der Waals surface area contributed by atoms with Gasteiger partial charge in [0.05, 0.1) is 16.9 Å². The number of carbonyl (C=O) groups excluding carboxylic acids is 2. The highest BCUT2D eigenvalue weighted by Crippen LogP contribution is 2.23. The molecule has 0 N–H and O–H groups in total. The molecule has 0 bridgehead atoms. The molecule has 0 aromatic heterocycles. The third-order valence-electron chi connectivity index (χ3n) is 3.50. The number of carbonyl (C=O) groups is 2. The van der Waals surface area contributed by atoms with Crippen molar-refractivity contribution in [2.45, 2.75) is 32.1 Å². The van der Waals surface area contributed by atoms with E-state index >= 15 is 0 Å². The number of nitrogens with zero attached hydrogens (tertiary/aromatic N) is 1. The Kier molecular flexibility index (Phi) is 5.68. The average Bonchev–Trinajstić information content (AvgIpc) is 2.76. The maximum absolute atomic E-state index is 12.0. The monoisotopic (exact) mass is 337 g/mol. The van der Waals surface area contributed by atoms with Crippen molar-refractivity contribution in [3.8, 4) is 0 Å². The normalized spacial score (nSPS) is 14.2. The minimum atomic E-state index is -3.98. The molecule has 0 radical (unpaired) electrons. The SMILES string of the molecule is C=CCCCCCCS(=O)(=O)ON1C(=O)c2ccccc2C1=O. The van der Waals surface area contributed by atoms with Crippen LogP contribution in [-0.2, 0) is 14.4 Å². The van der Waals surface area contributed by atoms with Gasteiger partial charge in [0.25, 0.3) is 21.9 Å². The third-order valence-corrected chi connectivity index (χ3v) is 4.66. The molecule has 7 heteroatoms. The summed E-state index contributed by atoms with van der Waals surface area (Å²) in [4.78, 5) is 24.1. The summed E-state index contributed by atoms with van der Waals surface area (Å²) in [5, 5.41) is 0.331. The van der Waals surface area contributed by atoms with Crippen LogP contribution in [0.2, 0.25) is 0 Å². The molecule has 1 aliphatic rings. The fraction of sp³-hybridized carbons (Fsp3) is 0.375. The second kappa shape index (κ2) is 7.52. The first-order chi connectivity index (χ1) is 11.0. The quantitative estimate of drug-likeness (QED) is 0.393. The highest BCUT2D eigenvalue weighted by Gasteiger charge is 2.39. The zero-order valence-electron chi connectivity index (χ0n) is 12.7. The minimum absolute atomic E-state index is 0.150. The van der Waals surface area contributed by atoms with E-state index in [1.54, 1.807) is 12.1 Å². The molecule has 0 aliphatic carbocycles. The van der Waals surface area contributed by atoms with Gasteiger partial charge in [-0.3, -0.25) is 9.59 Å². The number of hydrogen-bond donors (Lipinski definition) is 0. The molecule has 6 nitrogen and oxygen atoms in total. The number of hydrogen-bond acceptors (Lipinski definition) is 5. The van der Waals surface area contributed by atoms with Gasteiger partial charge in [0.2, 0.25) is 0 Å². The van der Waals surface area contributed by atoms with Crippen molar-refractivity contribution in [1.82, 2.24) is 5.06 Å². The lowest BCUT2D eigenvalue weighted by Crippen LogP contribution is -2.33. The predicted molar refractivity (Wildman–Crippen MR) is 85.1 cm³/mol. The number of benzene rings is 1. The molecule has 23 heavy (non-hydrogen) atoms. The Morgan fingerprint density at radius 1 is 1.00 bits per heavy atom. The lowest BCUT2D eigenvalue weighted by molar-refractivity contribution is -0.0103.